The van der Waals surface area contributed by atoms with Gasteiger partial charge in [-0.1, -0.05) is 79.7 Å². The van der Waals surface area contributed by atoms with E-state index >= 15 is 0 Å². The lowest BCUT2D eigenvalue weighted by Gasteiger charge is -2.17. The van der Waals surface area contributed by atoms with Crippen molar-refractivity contribution in [3.05, 3.63) is 134 Å². The number of benzene rings is 3. The number of aryl methyl sites for hydroxylation is 1. The van der Waals surface area contributed by atoms with Crippen molar-refractivity contribution < 1.29 is 9.14 Å². The van der Waals surface area contributed by atoms with E-state index in [-0.39, 0.29) is 0 Å². The van der Waals surface area contributed by atoms with Crippen molar-refractivity contribution in [3.63, 3.8) is 0 Å². The quantitative estimate of drug-likeness (QED) is 0.291. The van der Waals surface area contributed by atoms with Gasteiger partial charge in [-0.3, -0.25) is 0 Å². The molecule has 0 bridgehead atoms. The Balaban J connectivity index is 0.000000127. The highest BCUT2D eigenvalue weighted by Gasteiger charge is 2.08. The van der Waals surface area contributed by atoms with Crippen molar-refractivity contribution in [1.29, 1.82) is 0 Å². The molecule has 2 aliphatic heterocycles. The van der Waals surface area contributed by atoms with E-state index in [0.29, 0.717) is 5.92 Å². The monoisotopic (exact) mass is 475 g/mol. The van der Waals surface area contributed by atoms with Crippen LogP contribution in [-0.4, -0.2) is 34.0 Å². The summed E-state index contributed by atoms with van der Waals surface area (Å²) in [6, 6.07) is 30.8. The van der Waals surface area contributed by atoms with Gasteiger partial charge >= 0.3 is 0 Å². The molecule has 0 amide bonds. The van der Waals surface area contributed by atoms with Gasteiger partial charge in [-0.2, -0.15) is 0 Å². The summed E-state index contributed by atoms with van der Waals surface area (Å²) >= 11 is 0. The third-order valence-corrected chi connectivity index (χ3v) is 5.60. The molecule has 5 heteroatoms. The largest absolute Gasteiger partial charge is 0.361 e. The Bertz CT molecular complexity index is 1290. The van der Waals surface area contributed by atoms with Gasteiger partial charge in [0.1, 0.15) is 5.69 Å². The van der Waals surface area contributed by atoms with Crippen LogP contribution < -0.4 is 9.47 Å². The number of nitrogens with zero attached hydrogens (tertiary/aromatic N) is 5. The van der Waals surface area contributed by atoms with Gasteiger partial charge in [0.25, 0.3) is 0 Å². The van der Waals surface area contributed by atoms with Crippen LogP contribution in [0.2, 0.25) is 0 Å². The van der Waals surface area contributed by atoms with Crippen LogP contribution in [0.25, 0.3) is 5.69 Å². The van der Waals surface area contributed by atoms with Gasteiger partial charge in [-0.25, -0.2) is 0 Å². The predicted molar refractivity (Wildman–Crippen MR) is 146 cm³/mol. The Kier molecular flexibility index (Phi) is 8.49. The fraction of sp³-hybridized carbons (Fsp3) is 0.161. The molecule has 3 aromatic carbocycles. The fourth-order valence-electron chi connectivity index (χ4n) is 3.72. The van der Waals surface area contributed by atoms with Gasteiger partial charge in [0.15, 0.2) is 0 Å². The highest BCUT2D eigenvalue weighted by Crippen LogP contribution is 2.17. The first kappa shape index (κ1) is 24.7. The Morgan fingerprint density at radius 1 is 0.806 bits per heavy atom. The minimum Gasteiger partial charge on any atom is -0.361 e. The Morgan fingerprint density at radius 2 is 1.42 bits per heavy atom. The van der Waals surface area contributed by atoms with Gasteiger partial charge in [0.05, 0.1) is 31.8 Å². The molecular weight excluding hydrogens is 442 g/mol. The average Bonchev–Trinajstić information content (AvgIpc) is 3.68. The summed E-state index contributed by atoms with van der Waals surface area (Å²) in [7, 11) is 4.03. The zero-order chi connectivity index (χ0) is 25.2. The van der Waals surface area contributed by atoms with Gasteiger partial charge in [-0.05, 0) is 24.3 Å². The topological polar surface area (TPSA) is 18.3 Å². The predicted octanol–water partition coefficient (Wildman–Crippen LogP) is 5.41. The molecule has 0 N–H and O–H groups in total. The number of imidazole rings is 1. The molecule has 6 rings (SSSR count). The summed E-state index contributed by atoms with van der Waals surface area (Å²) < 4.78 is 5.89. The molecule has 0 saturated carbocycles. The second-order valence-electron chi connectivity index (χ2n) is 8.68. The van der Waals surface area contributed by atoms with Crippen LogP contribution in [0.15, 0.2) is 128 Å². The van der Waals surface area contributed by atoms with Crippen molar-refractivity contribution in [2.24, 2.45) is 13.0 Å². The van der Waals surface area contributed by atoms with E-state index in [1.807, 2.05) is 75.6 Å². The van der Waals surface area contributed by atoms with Crippen molar-refractivity contribution in [3.8, 4) is 5.69 Å². The molecule has 0 fully saturated rings. The first-order valence-corrected chi connectivity index (χ1v) is 12.1. The molecule has 3 heterocycles. The molecule has 0 saturated heterocycles. The normalized spacial score (nSPS) is 15.6. The van der Waals surface area contributed by atoms with Crippen LogP contribution in [0.3, 0.4) is 0 Å². The van der Waals surface area contributed by atoms with Gasteiger partial charge in [-0.15, -0.1) is 0 Å². The molecular formula is C31H33N5. The number of rotatable bonds is 3. The maximum absolute atomic E-state index is 3.29. The first-order chi connectivity index (χ1) is 17.6. The van der Waals surface area contributed by atoms with E-state index in [9.17, 15) is 0 Å². The van der Waals surface area contributed by atoms with E-state index in [0.717, 1.165) is 12.4 Å². The number of para-hydroxylation sites is 3. The number of hydrogen-bond acceptors (Lipinski definition) is 2. The van der Waals surface area contributed by atoms with Gasteiger partial charge < -0.3 is 23.5 Å². The Morgan fingerprint density at radius 3 is 1.92 bits per heavy atom. The summed E-state index contributed by atoms with van der Waals surface area (Å²) in [5.74, 6) is 0.435. The highest BCUT2D eigenvalue weighted by molar-refractivity contribution is 5.61. The number of anilines is 1. The maximum Gasteiger partial charge on any atom is 0.243 e. The minimum absolute atomic E-state index is 0.435. The second-order valence-corrected chi connectivity index (χ2v) is 8.68. The molecule has 0 radical (unpaired) electrons. The number of aromatic nitrogens is 2. The van der Waals surface area contributed by atoms with E-state index in [4.69, 9.17) is 0 Å². The smallest absolute Gasteiger partial charge is 0.243 e. The van der Waals surface area contributed by atoms with Gasteiger partial charge in [0.2, 0.25) is 6.33 Å². The molecule has 2 aliphatic rings. The summed E-state index contributed by atoms with van der Waals surface area (Å²) in [5.41, 5.74) is 3.56. The molecule has 1 unspecified atom stereocenters. The lowest BCUT2D eigenvalue weighted by Crippen LogP contribution is -2.24. The van der Waals surface area contributed by atoms with E-state index in [1.54, 1.807) is 0 Å². The van der Waals surface area contributed by atoms with Crippen LogP contribution in [0.1, 0.15) is 6.92 Å². The van der Waals surface area contributed by atoms with Crippen molar-refractivity contribution in [1.82, 2.24) is 9.47 Å². The van der Waals surface area contributed by atoms with E-state index in [2.05, 4.69) is 110 Å². The lowest BCUT2D eigenvalue weighted by molar-refractivity contribution is -0.674. The van der Waals surface area contributed by atoms with Crippen LogP contribution in [0, 0.1) is 12.2 Å². The van der Waals surface area contributed by atoms with Crippen LogP contribution in [0.4, 0.5) is 11.4 Å². The molecule has 4 aromatic rings. The van der Waals surface area contributed by atoms with Crippen molar-refractivity contribution in [2.45, 2.75) is 6.92 Å². The summed E-state index contributed by atoms with van der Waals surface area (Å²) in [4.78, 5) is 4.35. The second kappa shape index (κ2) is 12.4. The SMILES string of the molecule is CC1[C-]=[N+](c2ccccc2)C=C1.CN1C=CN(c2ccccc2)C1.C[n+]1[c-]n(-c2ccccc2)cc1. The Labute approximate surface area is 214 Å². The molecule has 5 nitrogen and oxygen atoms in total. The third kappa shape index (κ3) is 7.06. The fourth-order valence-corrected chi connectivity index (χ4v) is 3.72. The minimum atomic E-state index is 0.435. The summed E-state index contributed by atoms with van der Waals surface area (Å²) in [5, 5.41) is 0. The molecule has 1 atom stereocenters. The maximum atomic E-state index is 3.29. The van der Waals surface area contributed by atoms with Crippen LogP contribution in [-0.2, 0) is 7.05 Å². The summed E-state index contributed by atoms with van der Waals surface area (Å²) in [6.45, 7) is 3.07. The lowest BCUT2D eigenvalue weighted by atomic mass is 10.2. The molecule has 36 heavy (non-hydrogen) atoms. The van der Waals surface area contributed by atoms with E-state index in [1.165, 1.54) is 11.4 Å². The van der Waals surface area contributed by atoms with Crippen molar-refractivity contribution >= 4 is 17.6 Å². The average molecular weight is 476 g/mol. The molecule has 0 aliphatic carbocycles. The highest BCUT2D eigenvalue weighted by atomic mass is 15.3. The van der Waals surface area contributed by atoms with Crippen LogP contribution in [0.5, 0.6) is 0 Å². The molecule has 1 aromatic heterocycles. The van der Waals surface area contributed by atoms with Gasteiger partial charge in [0, 0.05) is 43.4 Å². The third-order valence-electron chi connectivity index (χ3n) is 5.60. The molecule has 182 valence electrons. The zero-order valence-electron chi connectivity index (χ0n) is 21.1. The number of hydrogen-bond donors (Lipinski definition) is 0. The van der Waals surface area contributed by atoms with Crippen molar-refractivity contribution in [2.75, 3.05) is 18.6 Å². The standard InChI is InChI=1S/C11H11N.C10H12N2.C10H10N2/c1-10-7-8-12(9-10)11-5-3-2-4-6-11;2*1-11-7-8-12(9-11)10-5-3-2-4-6-10/h2-8,10H,1H3;2-8H,9H2,1H3;2-8H,1H3. The number of allylic oxidation sites excluding steroid dienone is 1. The first-order valence-electron chi connectivity index (χ1n) is 12.1. The summed E-state index contributed by atoms with van der Waals surface area (Å²) in [6.07, 6.45) is 18.7. The van der Waals surface area contributed by atoms with Crippen LogP contribution >= 0.6 is 0 Å². The van der Waals surface area contributed by atoms with E-state index < -0.39 is 0 Å². The Hall–Kier alpha value is -4.38. The molecule has 0 spiro atoms. The zero-order valence-corrected chi connectivity index (χ0v) is 21.1.